The number of carbonyl (C=O) groups excluding carboxylic acids is 1. The van der Waals surface area contributed by atoms with Crippen molar-refractivity contribution in [3.63, 3.8) is 0 Å². The van der Waals surface area contributed by atoms with Gasteiger partial charge in [0.1, 0.15) is 0 Å². The standard InChI is InChI=1S/C8H9NO3S/c1-6-2-4-7(5-3-6)8(10)9-13(11)12/h2-5,13H,1H3,(H,9,10,11,12). The summed E-state index contributed by atoms with van der Waals surface area (Å²) < 4.78 is 22.1. The Morgan fingerprint density at radius 3 is 2.23 bits per heavy atom. The van der Waals surface area contributed by atoms with Gasteiger partial charge < -0.3 is 0 Å². The van der Waals surface area contributed by atoms with E-state index in [0.717, 1.165) is 5.56 Å². The summed E-state index contributed by atoms with van der Waals surface area (Å²) >= 11 is 0. The molecule has 0 fully saturated rings. The lowest BCUT2D eigenvalue weighted by Gasteiger charge is -1.98. The van der Waals surface area contributed by atoms with Crippen molar-refractivity contribution in [1.29, 1.82) is 0 Å². The number of nitrogens with one attached hydrogen (secondary N) is 1. The summed E-state index contributed by atoms with van der Waals surface area (Å²) in [5.74, 6) is -0.601. The predicted molar refractivity (Wildman–Crippen MR) is 49.0 cm³/mol. The maximum Gasteiger partial charge on any atom is 0.264 e. The zero-order chi connectivity index (χ0) is 9.84. The van der Waals surface area contributed by atoms with Crippen molar-refractivity contribution in [2.75, 3.05) is 0 Å². The Balaban J connectivity index is 2.83. The molecule has 0 unspecified atom stereocenters. The number of rotatable bonds is 2. The summed E-state index contributed by atoms with van der Waals surface area (Å²) in [6.07, 6.45) is 0. The second-order valence-corrected chi connectivity index (χ2v) is 3.30. The molecule has 0 radical (unpaired) electrons. The van der Waals surface area contributed by atoms with Crippen LogP contribution in [0.25, 0.3) is 0 Å². The van der Waals surface area contributed by atoms with Gasteiger partial charge in [0, 0.05) is 5.56 Å². The monoisotopic (exact) mass is 199 g/mol. The molecule has 0 saturated heterocycles. The first-order valence-corrected chi connectivity index (χ1v) is 4.79. The molecule has 0 aliphatic rings. The first-order chi connectivity index (χ1) is 6.09. The molecule has 1 aromatic carbocycles. The lowest BCUT2D eigenvalue weighted by atomic mass is 10.1. The zero-order valence-electron chi connectivity index (χ0n) is 6.98. The van der Waals surface area contributed by atoms with Gasteiger partial charge in [-0.15, -0.1) is 0 Å². The third kappa shape index (κ3) is 2.87. The van der Waals surface area contributed by atoms with E-state index in [2.05, 4.69) is 0 Å². The SMILES string of the molecule is Cc1ccc(C(=O)N[SH](=O)=O)cc1. The van der Waals surface area contributed by atoms with Gasteiger partial charge in [-0.3, -0.25) is 9.52 Å². The number of thiol groups is 1. The highest BCUT2D eigenvalue weighted by Gasteiger charge is 2.03. The molecule has 1 rings (SSSR count). The molecule has 1 amide bonds. The molecule has 70 valence electrons. The van der Waals surface area contributed by atoms with Gasteiger partial charge in [0.2, 0.25) is 10.9 Å². The smallest absolute Gasteiger partial charge is 0.264 e. The van der Waals surface area contributed by atoms with Gasteiger partial charge in [-0.05, 0) is 19.1 Å². The molecule has 4 nitrogen and oxygen atoms in total. The van der Waals surface area contributed by atoms with Gasteiger partial charge in [0.05, 0.1) is 0 Å². The van der Waals surface area contributed by atoms with Gasteiger partial charge in [0.25, 0.3) is 5.91 Å². The molecular formula is C8H9NO3S. The van der Waals surface area contributed by atoms with Crippen molar-refractivity contribution in [3.05, 3.63) is 35.4 Å². The number of hydrogen-bond donors (Lipinski definition) is 2. The second kappa shape index (κ2) is 4.04. The van der Waals surface area contributed by atoms with Crippen LogP contribution in [0.1, 0.15) is 15.9 Å². The minimum atomic E-state index is -2.87. The molecule has 0 heterocycles. The normalized spacial score (nSPS) is 10.0. The van der Waals surface area contributed by atoms with E-state index in [0.29, 0.717) is 5.56 Å². The summed E-state index contributed by atoms with van der Waals surface area (Å²) in [6.45, 7) is 1.88. The minimum Gasteiger partial charge on any atom is -0.268 e. The highest BCUT2D eigenvalue weighted by atomic mass is 32.2. The Labute approximate surface area is 77.7 Å². The van der Waals surface area contributed by atoms with Crippen LogP contribution in [-0.4, -0.2) is 14.3 Å². The summed E-state index contributed by atoms with van der Waals surface area (Å²) in [7, 11) is -2.87. The number of hydrogen-bond acceptors (Lipinski definition) is 3. The van der Waals surface area contributed by atoms with Crippen LogP contribution in [-0.2, 0) is 10.9 Å². The summed E-state index contributed by atoms with van der Waals surface area (Å²) in [6, 6.07) is 6.63. The zero-order valence-corrected chi connectivity index (χ0v) is 7.88. The molecule has 0 spiro atoms. The van der Waals surface area contributed by atoms with E-state index in [1.54, 1.807) is 29.0 Å². The molecule has 0 atom stereocenters. The average molecular weight is 199 g/mol. The number of aryl methyl sites for hydroxylation is 1. The highest BCUT2D eigenvalue weighted by molar-refractivity contribution is 7.71. The molecule has 1 N–H and O–H groups in total. The van der Waals surface area contributed by atoms with Crippen LogP contribution < -0.4 is 4.72 Å². The summed E-state index contributed by atoms with van der Waals surface area (Å²) in [5.41, 5.74) is 1.35. The van der Waals surface area contributed by atoms with Gasteiger partial charge in [-0.1, -0.05) is 17.7 Å². The van der Waals surface area contributed by atoms with E-state index >= 15 is 0 Å². The Morgan fingerprint density at radius 1 is 1.23 bits per heavy atom. The molecule has 1 aromatic rings. The molecular weight excluding hydrogens is 190 g/mol. The molecule has 5 heteroatoms. The van der Waals surface area contributed by atoms with Crippen molar-refractivity contribution in [2.24, 2.45) is 0 Å². The molecule has 0 bridgehead atoms. The summed E-state index contributed by atoms with van der Waals surface area (Å²) in [5, 5.41) is 0. The number of benzene rings is 1. The Morgan fingerprint density at radius 2 is 1.77 bits per heavy atom. The van der Waals surface area contributed by atoms with Crippen molar-refractivity contribution >= 4 is 16.8 Å². The number of amides is 1. The number of carbonyl (C=O) groups is 1. The molecule has 0 aliphatic carbocycles. The van der Waals surface area contributed by atoms with Crippen LogP contribution in [0.2, 0.25) is 0 Å². The van der Waals surface area contributed by atoms with E-state index in [1.807, 2.05) is 6.92 Å². The van der Waals surface area contributed by atoms with Crippen LogP contribution in [0.4, 0.5) is 0 Å². The predicted octanol–water partition coefficient (Wildman–Crippen LogP) is 0.251. The molecule has 0 saturated carbocycles. The third-order valence-electron chi connectivity index (χ3n) is 1.51. The lowest BCUT2D eigenvalue weighted by molar-refractivity contribution is 0.0982. The summed E-state index contributed by atoms with van der Waals surface area (Å²) in [4.78, 5) is 11.1. The first kappa shape index (κ1) is 9.73. The maximum absolute atomic E-state index is 11.1. The maximum atomic E-state index is 11.1. The van der Waals surface area contributed by atoms with Crippen molar-refractivity contribution in [3.8, 4) is 0 Å². The fourth-order valence-electron chi connectivity index (χ4n) is 0.852. The fourth-order valence-corrected chi connectivity index (χ4v) is 1.15. The average Bonchev–Trinajstić information content (AvgIpc) is 2.04. The van der Waals surface area contributed by atoms with Gasteiger partial charge in [0.15, 0.2) is 0 Å². The fraction of sp³-hybridized carbons (Fsp3) is 0.125. The van der Waals surface area contributed by atoms with E-state index in [9.17, 15) is 13.2 Å². The van der Waals surface area contributed by atoms with E-state index in [1.165, 1.54) is 0 Å². The molecule has 0 aliphatic heterocycles. The van der Waals surface area contributed by atoms with Crippen LogP contribution in [0.3, 0.4) is 0 Å². The van der Waals surface area contributed by atoms with E-state index in [-0.39, 0.29) is 0 Å². The largest absolute Gasteiger partial charge is 0.268 e. The quantitative estimate of drug-likeness (QED) is 0.671. The first-order valence-electron chi connectivity index (χ1n) is 3.61. The van der Waals surface area contributed by atoms with Crippen molar-refractivity contribution in [1.82, 2.24) is 4.72 Å². The molecule has 0 aromatic heterocycles. The van der Waals surface area contributed by atoms with Crippen LogP contribution in [0, 0.1) is 6.92 Å². The minimum absolute atomic E-state index is 0.338. The van der Waals surface area contributed by atoms with Gasteiger partial charge in [-0.25, -0.2) is 8.42 Å². The topological polar surface area (TPSA) is 63.2 Å². The Bertz CT molecular complexity index is 373. The Kier molecular flexibility index (Phi) is 3.02. The van der Waals surface area contributed by atoms with Gasteiger partial charge in [-0.2, -0.15) is 0 Å². The van der Waals surface area contributed by atoms with E-state index in [4.69, 9.17) is 0 Å². The lowest BCUT2D eigenvalue weighted by Crippen LogP contribution is -2.21. The van der Waals surface area contributed by atoms with E-state index < -0.39 is 16.8 Å². The van der Waals surface area contributed by atoms with Crippen LogP contribution >= 0.6 is 0 Å². The second-order valence-electron chi connectivity index (χ2n) is 2.56. The molecule has 13 heavy (non-hydrogen) atoms. The van der Waals surface area contributed by atoms with Crippen molar-refractivity contribution < 1.29 is 13.2 Å². The van der Waals surface area contributed by atoms with Gasteiger partial charge >= 0.3 is 0 Å². The third-order valence-corrected chi connectivity index (χ3v) is 1.89. The van der Waals surface area contributed by atoms with Crippen molar-refractivity contribution in [2.45, 2.75) is 6.92 Å². The Hall–Kier alpha value is -1.36. The van der Waals surface area contributed by atoms with Crippen LogP contribution in [0.15, 0.2) is 24.3 Å². The van der Waals surface area contributed by atoms with Crippen LogP contribution in [0.5, 0.6) is 0 Å². The highest BCUT2D eigenvalue weighted by Crippen LogP contribution is 2.02.